The summed E-state index contributed by atoms with van der Waals surface area (Å²) in [6.45, 7) is 0. The molecule has 0 bridgehead atoms. The molecular formula is C46H28N4O. The average molecular weight is 653 g/mol. The van der Waals surface area contributed by atoms with Gasteiger partial charge in [-0.15, -0.1) is 0 Å². The van der Waals surface area contributed by atoms with Crippen LogP contribution >= 0.6 is 0 Å². The van der Waals surface area contributed by atoms with Gasteiger partial charge in [0.05, 0.1) is 11.6 Å². The van der Waals surface area contributed by atoms with E-state index < -0.39 is 0 Å². The predicted molar refractivity (Wildman–Crippen MR) is 204 cm³/mol. The molecule has 5 heteroatoms. The van der Waals surface area contributed by atoms with Crippen LogP contribution in [0.4, 0.5) is 0 Å². The first-order valence-electron chi connectivity index (χ1n) is 16.7. The Bertz CT molecular complexity index is 2630. The van der Waals surface area contributed by atoms with Gasteiger partial charge in [-0.05, 0) is 63.7 Å². The lowest BCUT2D eigenvalue weighted by molar-refractivity contribution is 0.669. The van der Waals surface area contributed by atoms with Crippen LogP contribution < -0.4 is 0 Å². The van der Waals surface area contributed by atoms with E-state index in [-0.39, 0.29) is 0 Å². The molecule has 2 heterocycles. The molecule has 0 unspecified atom stereocenters. The standard InChI is InChI=1S/C46H28N4O/c47-29-30-10-9-15-37(26-30)38-27-40(43-39-16-7-8-17-41(39)51-42(43)28-38)46-49-44(35-22-18-33(19-23-35)31-11-3-1-4-12-31)48-45(50-46)36-24-20-34(21-25-36)32-13-5-2-6-14-32/h1-28H. The van der Waals surface area contributed by atoms with Crippen molar-refractivity contribution in [3.05, 3.63) is 175 Å². The molecule has 0 spiro atoms. The van der Waals surface area contributed by atoms with Crippen molar-refractivity contribution in [2.75, 3.05) is 0 Å². The molecule has 238 valence electrons. The van der Waals surface area contributed by atoms with Gasteiger partial charge in [-0.25, -0.2) is 15.0 Å². The minimum absolute atomic E-state index is 0.532. The fraction of sp³-hybridized carbons (Fsp3) is 0. The van der Waals surface area contributed by atoms with Crippen molar-refractivity contribution < 1.29 is 4.42 Å². The van der Waals surface area contributed by atoms with Gasteiger partial charge in [0.1, 0.15) is 11.2 Å². The molecule has 0 amide bonds. The van der Waals surface area contributed by atoms with Crippen molar-refractivity contribution in [3.63, 3.8) is 0 Å². The zero-order chi connectivity index (χ0) is 34.1. The van der Waals surface area contributed by atoms with Crippen LogP contribution in [-0.4, -0.2) is 15.0 Å². The van der Waals surface area contributed by atoms with E-state index in [2.05, 4.69) is 91.0 Å². The smallest absolute Gasteiger partial charge is 0.164 e. The molecule has 0 aliphatic rings. The highest BCUT2D eigenvalue weighted by atomic mass is 16.3. The van der Waals surface area contributed by atoms with Gasteiger partial charge in [-0.2, -0.15) is 5.26 Å². The zero-order valence-electron chi connectivity index (χ0n) is 27.4. The first-order valence-corrected chi connectivity index (χ1v) is 16.7. The number of nitrogens with zero attached hydrogens (tertiary/aromatic N) is 4. The van der Waals surface area contributed by atoms with Crippen LogP contribution in [0.25, 0.3) is 89.5 Å². The normalized spacial score (nSPS) is 11.1. The summed E-state index contributed by atoms with van der Waals surface area (Å²) in [5.41, 5.74) is 11.0. The average Bonchev–Trinajstić information content (AvgIpc) is 3.60. The lowest BCUT2D eigenvalue weighted by Gasteiger charge is -2.12. The first-order chi connectivity index (χ1) is 25.2. The molecule has 0 fully saturated rings. The van der Waals surface area contributed by atoms with Gasteiger partial charge in [-0.3, -0.25) is 0 Å². The number of aromatic nitrogens is 3. The second kappa shape index (κ2) is 12.7. The summed E-state index contributed by atoms with van der Waals surface area (Å²) in [5.74, 6) is 1.67. The van der Waals surface area contributed by atoms with E-state index in [0.29, 0.717) is 28.6 Å². The molecule has 0 saturated heterocycles. The van der Waals surface area contributed by atoms with Crippen LogP contribution in [0.2, 0.25) is 0 Å². The molecule has 0 atom stereocenters. The highest BCUT2D eigenvalue weighted by molar-refractivity contribution is 6.13. The molecule has 0 radical (unpaired) electrons. The SMILES string of the molecule is N#Cc1cccc(-c2cc(-c3nc(-c4ccc(-c5ccccc5)cc4)nc(-c4ccc(-c5ccccc5)cc4)n3)c3c(c2)oc2ccccc23)c1. The van der Waals surface area contributed by atoms with E-state index in [9.17, 15) is 5.26 Å². The van der Waals surface area contributed by atoms with Gasteiger partial charge in [0.15, 0.2) is 17.5 Å². The molecule has 0 aliphatic carbocycles. The van der Waals surface area contributed by atoms with E-state index in [1.54, 1.807) is 6.07 Å². The van der Waals surface area contributed by atoms with Crippen LogP contribution in [0.15, 0.2) is 174 Å². The van der Waals surface area contributed by atoms with E-state index in [0.717, 1.165) is 66.4 Å². The Hall–Kier alpha value is -7.16. The minimum Gasteiger partial charge on any atom is -0.456 e. The molecule has 9 aromatic rings. The molecule has 7 aromatic carbocycles. The number of nitriles is 1. The fourth-order valence-corrected chi connectivity index (χ4v) is 6.61. The maximum atomic E-state index is 9.65. The third-order valence-electron chi connectivity index (χ3n) is 9.18. The molecule has 0 N–H and O–H groups in total. The van der Waals surface area contributed by atoms with E-state index in [1.165, 1.54) is 0 Å². The van der Waals surface area contributed by atoms with E-state index in [4.69, 9.17) is 19.4 Å². The second-order valence-corrected chi connectivity index (χ2v) is 12.4. The van der Waals surface area contributed by atoms with Crippen LogP contribution in [-0.2, 0) is 0 Å². The highest BCUT2D eigenvalue weighted by Gasteiger charge is 2.20. The molecule has 0 saturated carbocycles. The third kappa shape index (κ3) is 5.71. The van der Waals surface area contributed by atoms with Crippen LogP contribution in [0.1, 0.15) is 5.56 Å². The number of fused-ring (bicyclic) bond motifs is 3. The fourth-order valence-electron chi connectivity index (χ4n) is 6.61. The topological polar surface area (TPSA) is 75.6 Å². The quantitative estimate of drug-likeness (QED) is 0.179. The Balaban J connectivity index is 1.26. The second-order valence-electron chi connectivity index (χ2n) is 12.4. The Morgan fingerprint density at radius 3 is 1.51 bits per heavy atom. The number of para-hydroxylation sites is 1. The third-order valence-corrected chi connectivity index (χ3v) is 9.18. The lowest BCUT2D eigenvalue weighted by atomic mass is 9.97. The molecule has 5 nitrogen and oxygen atoms in total. The molecule has 51 heavy (non-hydrogen) atoms. The predicted octanol–water partition coefficient (Wildman–Crippen LogP) is 11.6. The lowest BCUT2D eigenvalue weighted by Crippen LogP contribution is -2.01. The zero-order valence-corrected chi connectivity index (χ0v) is 27.4. The van der Waals surface area contributed by atoms with Gasteiger partial charge in [-0.1, -0.05) is 140 Å². The van der Waals surface area contributed by atoms with Gasteiger partial charge in [0.2, 0.25) is 0 Å². The van der Waals surface area contributed by atoms with Crippen molar-refractivity contribution in [2.45, 2.75) is 0 Å². The van der Waals surface area contributed by atoms with E-state index >= 15 is 0 Å². The van der Waals surface area contributed by atoms with Crippen LogP contribution in [0.5, 0.6) is 0 Å². The summed E-state index contributed by atoms with van der Waals surface area (Å²) < 4.78 is 6.44. The highest BCUT2D eigenvalue weighted by Crippen LogP contribution is 2.40. The summed E-state index contributed by atoms with van der Waals surface area (Å²) in [7, 11) is 0. The Labute approximate surface area is 294 Å². The summed E-state index contributed by atoms with van der Waals surface area (Å²) in [4.78, 5) is 15.4. The Morgan fingerprint density at radius 1 is 0.392 bits per heavy atom. The molecule has 0 aliphatic heterocycles. The molecule has 9 rings (SSSR count). The molecular weight excluding hydrogens is 625 g/mol. The van der Waals surface area contributed by atoms with Gasteiger partial charge in [0, 0.05) is 27.5 Å². The summed E-state index contributed by atoms with van der Waals surface area (Å²) in [6.07, 6.45) is 0. The largest absolute Gasteiger partial charge is 0.456 e. The van der Waals surface area contributed by atoms with E-state index in [1.807, 2.05) is 78.9 Å². The van der Waals surface area contributed by atoms with Crippen LogP contribution in [0.3, 0.4) is 0 Å². The van der Waals surface area contributed by atoms with Crippen molar-refractivity contribution >= 4 is 21.9 Å². The Kier molecular flexibility index (Phi) is 7.46. The number of hydrogen-bond donors (Lipinski definition) is 0. The summed E-state index contributed by atoms with van der Waals surface area (Å²) >= 11 is 0. The van der Waals surface area contributed by atoms with Crippen molar-refractivity contribution in [1.82, 2.24) is 15.0 Å². The Morgan fingerprint density at radius 2 is 0.902 bits per heavy atom. The van der Waals surface area contributed by atoms with Crippen LogP contribution in [0, 0.1) is 11.3 Å². The number of benzene rings is 7. The van der Waals surface area contributed by atoms with Crippen molar-refractivity contribution in [3.8, 4) is 73.6 Å². The number of furan rings is 1. The monoisotopic (exact) mass is 652 g/mol. The van der Waals surface area contributed by atoms with Crippen molar-refractivity contribution in [1.29, 1.82) is 5.26 Å². The maximum Gasteiger partial charge on any atom is 0.164 e. The minimum atomic E-state index is 0.532. The van der Waals surface area contributed by atoms with Gasteiger partial charge in [0.25, 0.3) is 0 Å². The first kappa shape index (κ1) is 29.9. The number of hydrogen-bond acceptors (Lipinski definition) is 5. The molecule has 2 aromatic heterocycles. The summed E-state index contributed by atoms with van der Waals surface area (Å²) in [5, 5.41) is 11.6. The van der Waals surface area contributed by atoms with Gasteiger partial charge >= 0.3 is 0 Å². The maximum absolute atomic E-state index is 9.65. The van der Waals surface area contributed by atoms with Crippen molar-refractivity contribution in [2.24, 2.45) is 0 Å². The summed E-state index contributed by atoms with van der Waals surface area (Å²) in [6, 6.07) is 59.3. The number of rotatable bonds is 6. The van der Waals surface area contributed by atoms with Gasteiger partial charge < -0.3 is 4.42 Å².